The minimum absolute atomic E-state index is 0.170. The van der Waals surface area contributed by atoms with Gasteiger partial charge in [0.15, 0.2) is 0 Å². The van der Waals surface area contributed by atoms with Crippen molar-refractivity contribution < 1.29 is 9.18 Å². The molecule has 4 nitrogen and oxygen atoms in total. The maximum absolute atomic E-state index is 13.7. The van der Waals surface area contributed by atoms with E-state index >= 15 is 0 Å². The van der Waals surface area contributed by atoms with Crippen LogP contribution in [0.5, 0.6) is 0 Å². The Balaban J connectivity index is 1.55. The molecule has 1 aliphatic heterocycles. The highest BCUT2D eigenvalue weighted by molar-refractivity contribution is 5.97. The SMILES string of the molecule is O=C(NCc1ccccc1F)c1ccc2c(c1)nc1n2CCCCC1. The van der Waals surface area contributed by atoms with Gasteiger partial charge in [0.2, 0.25) is 0 Å². The van der Waals surface area contributed by atoms with Crippen LogP contribution in [0.4, 0.5) is 4.39 Å². The van der Waals surface area contributed by atoms with E-state index in [2.05, 4.69) is 9.88 Å². The van der Waals surface area contributed by atoms with Gasteiger partial charge in [0, 0.05) is 30.6 Å². The third-order valence-corrected chi connectivity index (χ3v) is 4.77. The fourth-order valence-electron chi connectivity index (χ4n) is 3.41. The van der Waals surface area contributed by atoms with Crippen molar-refractivity contribution >= 4 is 16.9 Å². The van der Waals surface area contributed by atoms with Gasteiger partial charge in [-0.3, -0.25) is 4.79 Å². The zero-order valence-electron chi connectivity index (χ0n) is 14.0. The fraction of sp³-hybridized carbons (Fsp3) is 0.300. The lowest BCUT2D eigenvalue weighted by molar-refractivity contribution is 0.0950. The summed E-state index contributed by atoms with van der Waals surface area (Å²) in [4.78, 5) is 17.1. The number of imidazole rings is 1. The van der Waals surface area contributed by atoms with Crippen LogP contribution in [0.3, 0.4) is 0 Å². The maximum Gasteiger partial charge on any atom is 0.251 e. The van der Waals surface area contributed by atoms with Crippen LogP contribution in [0.2, 0.25) is 0 Å². The standard InChI is InChI=1S/C20H20FN3O/c21-16-7-4-3-6-15(16)13-22-20(25)14-9-10-18-17(12-14)23-19-8-2-1-5-11-24(18)19/h3-4,6-7,9-10,12H,1-2,5,8,11,13H2,(H,22,25). The molecule has 25 heavy (non-hydrogen) atoms. The van der Waals surface area contributed by atoms with E-state index in [1.54, 1.807) is 18.2 Å². The van der Waals surface area contributed by atoms with E-state index in [-0.39, 0.29) is 18.3 Å². The molecule has 0 fully saturated rings. The molecular formula is C20H20FN3O. The lowest BCUT2D eigenvalue weighted by Gasteiger charge is -2.07. The van der Waals surface area contributed by atoms with Crippen molar-refractivity contribution in [3.05, 3.63) is 65.2 Å². The Kier molecular flexibility index (Phi) is 4.22. The number of halogens is 1. The average Bonchev–Trinajstić information content (AvgIpc) is 2.81. The van der Waals surface area contributed by atoms with E-state index in [1.165, 1.54) is 25.3 Å². The predicted octanol–water partition coefficient (Wildman–Crippen LogP) is 3.83. The van der Waals surface area contributed by atoms with Crippen molar-refractivity contribution in [1.29, 1.82) is 0 Å². The van der Waals surface area contributed by atoms with Crippen LogP contribution in [0, 0.1) is 5.82 Å². The van der Waals surface area contributed by atoms with Gasteiger partial charge in [-0.1, -0.05) is 24.6 Å². The van der Waals surface area contributed by atoms with Crippen LogP contribution in [-0.4, -0.2) is 15.5 Å². The number of rotatable bonds is 3. The molecular weight excluding hydrogens is 317 g/mol. The predicted molar refractivity (Wildman–Crippen MR) is 94.9 cm³/mol. The second-order valence-corrected chi connectivity index (χ2v) is 6.47. The first kappa shape index (κ1) is 15.8. The van der Waals surface area contributed by atoms with Gasteiger partial charge in [0.1, 0.15) is 11.6 Å². The van der Waals surface area contributed by atoms with E-state index in [0.29, 0.717) is 11.1 Å². The van der Waals surface area contributed by atoms with Gasteiger partial charge < -0.3 is 9.88 Å². The first-order valence-corrected chi connectivity index (χ1v) is 8.73. The molecule has 1 amide bonds. The highest BCUT2D eigenvalue weighted by Crippen LogP contribution is 2.23. The molecule has 4 rings (SSSR count). The molecule has 0 saturated carbocycles. The van der Waals surface area contributed by atoms with Crippen molar-refractivity contribution in [2.24, 2.45) is 0 Å². The topological polar surface area (TPSA) is 46.9 Å². The molecule has 0 spiro atoms. The number of nitrogens with zero attached hydrogens (tertiary/aromatic N) is 2. The Bertz CT molecular complexity index is 932. The molecule has 0 radical (unpaired) electrons. The van der Waals surface area contributed by atoms with Crippen molar-refractivity contribution in [1.82, 2.24) is 14.9 Å². The molecule has 0 atom stereocenters. The lowest BCUT2D eigenvalue weighted by Crippen LogP contribution is -2.23. The number of hydrogen-bond acceptors (Lipinski definition) is 2. The van der Waals surface area contributed by atoms with Crippen molar-refractivity contribution in [3.8, 4) is 0 Å². The van der Waals surface area contributed by atoms with Gasteiger partial charge in [0.25, 0.3) is 5.91 Å². The summed E-state index contributed by atoms with van der Waals surface area (Å²) in [6.07, 6.45) is 4.56. The van der Waals surface area contributed by atoms with E-state index in [9.17, 15) is 9.18 Å². The number of hydrogen-bond donors (Lipinski definition) is 1. The summed E-state index contributed by atoms with van der Waals surface area (Å²) in [6, 6.07) is 12.1. The quantitative estimate of drug-likeness (QED) is 0.789. The van der Waals surface area contributed by atoms with Gasteiger partial charge >= 0.3 is 0 Å². The van der Waals surface area contributed by atoms with Gasteiger partial charge in [-0.25, -0.2) is 9.37 Å². The molecule has 128 valence electrons. The molecule has 1 aliphatic rings. The van der Waals surface area contributed by atoms with Crippen molar-refractivity contribution in [2.45, 2.75) is 38.8 Å². The minimum Gasteiger partial charge on any atom is -0.348 e. The number of amides is 1. The van der Waals surface area contributed by atoms with Gasteiger partial charge in [-0.05, 0) is 37.1 Å². The van der Waals surface area contributed by atoms with E-state index in [4.69, 9.17) is 4.98 Å². The van der Waals surface area contributed by atoms with Gasteiger partial charge in [-0.2, -0.15) is 0 Å². The van der Waals surface area contributed by atoms with Crippen LogP contribution in [-0.2, 0) is 19.5 Å². The van der Waals surface area contributed by atoms with Crippen LogP contribution in [0.15, 0.2) is 42.5 Å². The summed E-state index contributed by atoms with van der Waals surface area (Å²) in [5.41, 5.74) is 2.97. The summed E-state index contributed by atoms with van der Waals surface area (Å²) in [7, 11) is 0. The highest BCUT2D eigenvalue weighted by Gasteiger charge is 2.15. The van der Waals surface area contributed by atoms with E-state index < -0.39 is 0 Å². The summed E-state index contributed by atoms with van der Waals surface area (Å²) >= 11 is 0. The van der Waals surface area contributed by atoms with Gasteiger partial charge in [0.05, 0.1) is 11.0 Å². The summed E-state index contributed by atoms with van der Waals surface area (Å²) in [6.45, 7) is 1.16. The minimum atomic E-state index is -0.309. The van der Waals surface area contributed by atoms with Crippen LogP contribution in [0.1, 0.15) is 41.0 Å². The fourth-order valence-corrected chi connectivity index (χ4v) is 3.41. The Morgan fingerprint density at radius 1 is 1.16 bits per heavy atom. The first-order valence-electron chi connectivity index (χ1n) is 8.73. The summed E-state index contributed by atoms with van der Waals surface area (Å²) < 4.78 is 15.9. The first-order chi connectivity index (χ1) is 12.2. The summed E-state index contributed by atoms with van der Waals surface area (Å²) in [5.74, 6) is 0.584. The molecule has 5 heteroatoms. The van der Waals surface area contributed by atoms with Crippen molar-refractivity contribution in [3.63, 3.8) is 0 Å². The molecule has 0 bridgehead atoms. The monoisotopic (exact) mass is 337 g/mol. The third-order valence-electron chi connectivity index (χ3n) is 4.77. The number of fused-ring (bicyclic) bond motifs is 3. The maximum atomic E-state index is 13.7. The number of nitrogens with one attached hydrogen (secondary N) is 1. The Morgan fingerprint density at radius 3 is 2.92 bits per heavy atom. The number of carbonyl (C=O) groups is 1. The molecule has 2 heterocycles. The number of aromatic nitrogens is 2. The third kappa shape index (κ3) is 3.14. The molecule has 0 saturated heterocycles. The van der Waals surface area contributed by atoms with Crippen LogP contribution < -0.4 is 5.32 Å². The Labute approximate surface area is 145 Å². The molecule has 1 aromatic heterocycles. The molecule has 1 N–H and O–H groups in total. The van der Waals surface area contributed by atoms with E-state index in [0.717, 1.165) is 29.8 Å². The average molecular weight is 337 g/mol. The molecule has 2 aromatic carbocycles. The number of benzene rings is 2. The number of carbonyl (C=O) groups excluding carboxylic acids is 1. The molecule has 0 unspecified atom stereocenters. The number of aryl methyl sites for hydroxylation is 2. The Hall–Kier alpha value is -2.69. The van der Waals surface area contributed by atoms with Crippen molar-refractivity contribution in [2.75, 3.05) is 0 Å². The van der Waals surface area contributed by atoms with Crippen LogP contribution >= 0.6 is 0 Å². The largest absolute Gasteiger partial charge is 0.348 e. The van der Waals surface area contributed by atoms with Crippen LogP contribution in [0.25, 0.3) is 11.0 Å². The zero-order valence-corrected chi connectivity index (χ0v) is 14.0. The highest BCUT2D eigenvalue weighted by atomic mass is 19.1. The Morgan fingerprint density at radius 2 is 2.04 bits per heavy atom. The lowest BCUT2D eigenvalue weighted by atomic mass is 10.1. The summed E-state index contributed by atoms with van der Waals surface area (Å²) in [5, 5.41) is 2.78. The second-order valence-electron chi connectivity index (χ2n) is 6.47. The normalized spacial score (nSPS) is 14.1. The second kappa shape index (κ2) is 6.67. The molecule has 3 aromatic rings. The molecule has 0 aliphatic carbocycles. The van der Waals surface area contributed by atoms with E-state index in [1.807, 2.05) is 18.2 Å². The zero-order chi connectivity index (χ0) is 17.2. The van der Waals surface area contributed by atoms with Gasteiger partial charge in [-0.15, -0.1) is 0 Å². The smallest absolute Gasteiger partial charge is 0.251 e.